The predicted molar refractivity (Wildman–Crippen MR) is 128 cm³/mol. The lowest BCUT2D eigenvalue weighted by Crippen LogP contribution is -2.44. The van der Waals surface area contributed by atoms with Crippen LogP contribution in [-0.2, 0) is 0 Å². The summed E-state index contributed by atoms with van der Waals surface area (Å²) in [6.07, 6.45) is -0.952. The third-order valence-electron chi connectivity index (χ3n) is 6.12. The molecule has 1 saturated heterocycles. The van der Waals surface area contributed by atoms with E-state index in [2.05, 4.69) is 38.9 Å². The van der Waals surface area contributed by atoms with Crippen molar-refractivity contribution >= 4 is 33.7 Å². The fourth-order valence-corrected chi connectivity index (χ4v) is 4.11. The number of fused-ring (bicyclic) bond motifs is 1. The fraction of sp³-hybridized carbons (Fsp3) is 0.375. The second-order valence-corrected chi connectivity index (χ2v) is 8.80. The number of nitrogens with one attached hydrogen (secondary N) is 1. The molecule has 3 aromatic rings. The number of imidazole rings is 1. The van der Waals surface area contributed by atoms with Crippen molar-refractivity contribution in [3.63, 3.8) is 0 Å². The summed E-state index contributed by atoms with van der Waals surface area (Å²) in [6.45, 7) is 7.69. The minimum absolute atomic E-state index is 0.0835. The van der Waals surface area contributed by atoms with Gasteiger partial charge >= 0.3 is 0 Å². The number of halogens is 1. The van der Waals surface area contributed by atoms with Gasteiger partial charge in [0.05, 0.1) is 28.4 Å². The summed E-state index contributed by atoms with van der Waals surface area (Å²) in [5, 5.41) is 11.0. The molecule has 0 saturated carbocycles. The van der Waals surface area contributed by atoms with Gasteiger partial charge in [-0.25, -0.2) is 9.37 Å². The number of rotatable bonds is 5. The number of piperazine rings is 1. The molecule has 170 valence electrons. The van der Waals surface area contributed by atoms with Crippen molar-refractivity contribution in [3.05, 3.63) is 53.6 Å². The molecule has 0 amide bonds. The number of aromatic amines is 1. The molecule has 0 bridgehead atoms. The molecular formula is C24H31FN6O. The summed E-state index contributed by atoms with van der Waals surface area (Å²) in [5.74, 6) is -0.285. The van der Waals surface area contributed by atoms with E-state index >= 15 is 0 Å². The average Bonchev–Trinajstić information content (AvgIpc) is 3.16. The summed E-state index contributed by atoms with van der Waals surface area (Å²) in [4.78, 5) is 12.6. The van der Waals surface area contributed by atoms with Gasteiger partial charge in [0.25, 0.3) is 0 Å². The molecule has 2 aromatic carbocycles. The van der Waals surface area contributed by atoms with Crippen LogP contribution in [0.3, 0.4) is 0 Å². The van der Waals surface area contributed by atoms with Gasteiger partial charge in [-0.15, -0.1) is 0 Å². The van der Waals surface area contributed by atoms with Crippen LogP contribution in [0, 0.1) is 11.7 Å². The molecule has 6 N–H and O–H groups in total. The van der Waals surface area contributed by atoms with Crippen LogP contribution in [-0.4, -0.2) is 59.3 Å². The smallest absolute Gasteiger partial charge is 0.139 e. The Labute approximate surface area is 187 Å². The van der Waals surface area contributed by atoms with E-state index in [0.29, 0.717) is 11.4 Å². The molecule has 1 aliphatic rings. The first kappa shape index (κ1) is 22.1. The topological polar surface area (TPSA) is 107 Å². The molecule has 8 heteroatoms. The summed E-state index contributed by atoms with van der Waals surface area (Å²) in [5.41, 5.74) is 15.9. The third kappa shape index (κ3) is 4.16. The zero-order valence-electron chi connectivity index (χ0n) is 18.8. The van der Waals surface area contributed by atoms with E-state index in [1.807, 2.05) is 19.9 Å². The van der Waals surface area contributed by atoms with Crippen LogP contribution < -0.4 is 16.4 Å². The molecule has 1 aromatic heterocycles. The normalized spacial score (nSPS) is 17.1. The van der Waals surface area contributed by atoms with Crippen molar-refractivity contribution in [2.45, 2.75) is 20.0 Å². The highest BCUT2D eigenvalue weighted by Gasteiger charge is 2.26. The van der Waals surface area contributed by atoms with Crippen LogP contribution in [0.5, 0.6) is 0 Å². The molecule has 0 aliphatic carbocycles. The SMILES string of the molecule is CC(C)C(O)C(=C(N)c1c(N)cccc1F)c1nc2ccc(N3CCN(C)CC3)cc2[nH]1. The molecule has 7 nitrogen and oxygen atoms in total. The third-order valence-corrected chi connectivity index (χ3v) is 6.12. The number of aliphatic hydroxyl groups excluding tert-OH is 1. The van der Waals surface area contributed by atoms with Gasteiger partial charge in [0, 0.05) is 43.1 Å². The van der Waals surface area contributed by atoms with E-state index in [9.17, 15) is 9.50 Å². The number of benzene rings is 2. The maximum Gasteiger partial charge on any atom is 0.139 e. The molecule has 1 fully saturated rings. The maximum atomic E-state index is 14.6. The quantitative estimate of drug-likeness (QED) is 0.456. The number of H-pyrrole nitrogens is 1. The van der Waals surface area contributed by atoms with Crippen molar-refractivity contribution < 1.29 is 9.50 Å². The standard InChI is InChI=1S/C24H31FN6O/c1-14(2)23(32)21(22(27)20-16(25)5-4-6-17(20)26)24-28-18-8-7-15(13-19(18)29-24)31-11-9-30(3)10-12-31/h4-8,13-14,23,32H,9-12,26-27H2,1-3H3,(H,28,29). The molecule has 0 radical (unpaired) electrons. The highest BCUT2D eigenvalue weighted by atomic mass is 19.1. The van der Waals surface area contributed by atoms with Crippen LogP contribution in [0.1, 0.15) is 25.2 Å². The number of nitrogens with zero attached hydrogens (tertiary/aromatic N) is 3. The average molecular weight is 439 g/mol. The van der Waals surface area contributed by atoms with E-state index < -0.39 is 11.9 Å². The van der Waals surface area contributed by atoms with Crippen molar-refractivity contribution in [1.82, 2.24) is 14.9 Å². The van der Waals surface area contributed by atoms with Gasteiger partial charge in [-0.1, -0.05) is 19.9 Å². The lowest BCUT2D eigenvalue weighted by atomic mass is 9.93. The van der Waals surface area contributed by atoms with Crippen LogP contribution in [0.25, 0.3) is 22.3 Å². The number of likely N-dealkylation sites (N-methyl/N-ethyl adjacent to an activating group) is 1. The molecule has 1 atom stereocenters. The van der Waals surface area contributed by atoms with Crippen molar-refractivity contribution in [2.24, 2.45) is 11.7 Å². The minimum atomic E-state index is -0.952. The van der Waals surface area contributed by atoms with Crippen molar-refractivity contribution in [2.75, 3.05) is 43.9 Å². The number of hydrogen-bond acceptors (Lipinski definition) is 6. The number of nitrogens with two attached hydrogens (primary N) is 2. The predicted octanol–water partition coefficient (Wildman–Crippen LogP) is 2.88. The Bertz CT molecular complexity index is 1130. The lowest BCUT2D eigenvalue weighted by Gasteiger charge is -2.34. The summed E-state index contributed by atoms with van der Waals surface area (Å²) in [7, 11) is 2.13. The van der Waals surface area contributed by atoms with E-state index in [-0.39, 0.29) is 22.9 Å². The lowest BCUT2D eigenvalue weighted by molar-refractivity contribution is 0.181. The number of hydrogen-bond donors (Lipinski definition) is 4. The van der Waals surface area contributed by atoms with E-state index in [1.165, 1.54) is 12.1 Å². The summed E-state index contributed by atoms with van der Waals surface area (Å²) in [6, 6.07) is 10.5. The van der Waals surface area contributed by atoms with Crippen LogP contribution in [0.2, 0.25) is 0 Å². The molecule has 1 unspecified atom stereocenters. The number of aliphatic hydroxyl groups is 1. The molecule has 0 spiro atoms. The van der Waals surface area contributed by atoms with Gasteiger partial charge in [0.2, 0.25) is 0 Å². The molecule has 1 aliphatic heterocycles. The molecular weight excluding hydrogens is 407 g/mol. The molecule has 2 heterocycles. The highest BCUT2D eigenvalue weighted by molar-refractivity contribution is 5.94. The van der Waals surface area contributed by atoms with E-state index in [1.54, 1.807) is 6.07 Å². The van der Waals surface area contributed by atoms with Gasteiger partial charge in [-0.2, -0.15) is 0 Å². The van der Waals surface area contributed by atoms with Crippen LogP contribution in [0.15, 0.2) is 36.4 Å². The Morgan fingerprint density at radius 2 is 1.88 bits per heavy atom. The monoisotopic (exact) mass is 438 g/mol. The second-order valence-electron chi connectivity index (χ2n) is 8.80. The zero-order chi connectivity index (χ0) is 23.0. The Morgan fingerprint density at radius 3 is 2.53 bits per heavy atom. The Balaban J connectivity index is 1.80. The van der Waals surface area contributed by atoms with Crippen LogP contribution in [0.4, 0.5) is 15.8 Å². The Kier molecular flexibility index (Phi) is 6.08. The molecule has 32 heavy (non-hydrogen) atoms. The first-order valence-corrected chi connectivity index (χ1v) is 10.9. The fourth-order valence-electron chi connectivity index (χ4n) is 4.11. The van der Waals surface area contributed by atoms with E-state index in [0.717, 1.165) is 42.9 Å². The Hall–Kier alpha value is -3.10. The summed E-state index contributed by atoms with van der Waals surface area (Å²) >= 11 is 0. The molecule has 4 rings (SSSR count). The van der Waals surface area contributed by atoms with Crippen LogP contribution >= 0.6 is 0 Å². The van der Waals surface area contributed by atoms with Gasteiger partial charge < -0.3 is 31.4 Å². The first-order valence-electron chi connectivity index (χ1n) is 10.9. The number of nitrogen functional groups attached to an aromatic ring is 1. The largest absolute Gasteiger partial charge is 0.398 e. The van der Waals surface area contributed by atoms with E-state index in [4.69, 9.17) is 11.5 Å². The first-order chi connectivity index (χ1) is 15.3. The van der Waals surface area contributed by atoms with Gasteiger partial charge in [-0.3, -0.25) is 0 Å². The van der Waals surface area contributed by atoms with Crippen molar-refractivity contribution in [3.8, 4) is 0 Å². The van der Waals surface area contributed by atoms with Gasteiger partial charge in [-0.05, 0) is 43.3 Å². The maximum absolute atomic E-state index is 14.6. The van der Waals surface area contributed by atoms with Gasteiger partial charge in [0.1, 0.15) is 11.6 Å². The van der Waals surface area contributed by atoms with Gasteiger partial charge in [0.15, 0.2) is 0 Å². The number of anilines is 2. The minimum Gasteiger partial charge on any atom is -0.398 e. The Morgan fingerprint density at radius 1 is 1.16 bits per heavy atom. The highest BCUT2D eigenvalue weighted by Crippen LogP contribution is 2.33. The summed E-state index contributed by atoms with van der Waals surface area (Å²) < 4.78 is 14.6. The number of aromatic nitrogens is 2. The second kappa shape index (κ2) is 8.80. The zero-order valence-corrected chi connectivity index (χ0v) is 18.8. The van der Waals surface area contributed by atoms with Crippen molar-refractivity contribution in [1.29, 1.82) is 0 Å².